The Morgan fingerprint density at radius 3 is 2.21 bits per heavy atom. The summed E-state index contributed by atoms with van der Waals surface area (Å²) in [6.45, 7) is 0. The standard InChI is InChI=1S/C14H13BrO3S/c1-18-12-7-8-13(14(9-12)19(2,16)17)10-3-5-11(15)6-4-10/h3-9H,1-2H3. The Labute approximate surface area is 121 Å². The fraction of sp³-hybridized carbons (Fsp3) is 0.143. The molecule has 0 unspecified atom stereocenters. The number of methoxy groups -OCH3 is 1. The molecule has 3 nitrogen and oxygen atoms in total. The van der Waals surface area contributed by atoms with Gasteiger partial charge in [0.1, 0.15) is 5.75 Å². The number of sulfone groups is 1. The van der Waals surface area contributed by atoms with Gasteiger partial charge >= 0.3 is 0 Å². The van der Waals surface area contributed by atoms with Crippen molar-refractivity contribution in [1.29, 1.82) is 0 Å². The van der Waals surface area contributed by atoms with E-state index in [4.69, 9.17) is 4.74 Å². The van der Waals surface area contributed by atoms with E-state index in [9.17, 15) is 8.42 Å². The Kier molecular flexibility index (Phi) is 3.96. The predicted molar refractivity (Wildman–Crippen MR) is 79.2 cm³/mol. The topological polar surface area (TPSA) is 43.4 Å². The maximum Gasteiger partial charge on any atom is 0.176 e. The summed E-state index contributed by atoms with van der Waals surface area (Å²) in [6.07, 6.45) is 1.20. The summed E-state index contributed by atoms with van der Waals surface area (Å²) in [6, 6.07) is 12.6. The van der Waals surface area contributed by atoms with Gasteiger partial charge in [-0.2, -0.15) is 0 Å². The molecule has 0 fully saturated rings. The number of hydrogen-bond donors (Lipinski definition) is 0. The van der Waals surface area contributed by atoms with Crippen LogP contribution in [0, 0.1) is 0 Å². The summed E-state index contributed by atoms with van der Waals surface area (Å²) in [5, 5.41) is 0. The van der Waals surface area contributed by atoms with Gasteiger partial charge in [-0.05, 0) is 35.9 Å². The molecule has 0 radical (unpaired) electrons. The van der Waals surface area contributed by atoms with Crippen LogP contribution in [-0.2, 0) is 9.84 Å². The number of halogens is 1. The van der Waals surface area contributed by atoms with Crippen molar-refractivity contribution in [2.24, 2.45) is 0 Å². The molecule has 2 rings (SSSR count). The monoisotopic (exact) mass is 340 g/mol. The highest BCUT2D eigenvalue weighted by Crippen LogP contribution is 2.31. The van der Waals surface area contributed by atoms with Crippen molar-refractivity contribution in [2.45, 2.75) is 4.90 Å². The molecule has 0 N–H and O–H groups in total. The van der Waals surface area contributed by atoms with Crippen molar-refractivity contribution < 1.29 is 13.2 Å². The fourth-order valence-electron chi connectivity index (χ4n) is 1.80. The van der Waals surface area contributed by atoms with Crippen LogP contribution in [0.3, 0.4) is 0 Å². The Hall–Kier alpha value is -1.33. The number of hydrogen-bond acceptors (Lipinski definition) is 3. The molecule has 0 saturated carbocycles. The number of ether oxygens (including phenoxy) is 1. The van der Waals surface area contributed by atoms with Crippen molar-refractivity contribution in [3.63, 3.8) is 0 Å². The van der Waals surface area contributed by atoms with Crippen LogP contribution in [0.1, 0.15) is 0 Å². The molecule has 0 atom stereocenters. The lowest BCUT2D eigenvalue weighted by Gasteiger charge is -2.10. The van der Waals surface area contributed by atoms with E-state index < -0.39 is 9.84 Å². The maximum atomic E-state index is 11.9. The lowest BCUT2D eigenvalue weighted by molar-refractivity contribution is 0.413. The molecule has 0 spiro atoms. The minimum absolute atomic E-state index is 0.272. The third-order valence-electron chi connectivity index (χ3n) is 2.74. The van der Waals surface area contributed by atoms with E-state index >= 15 is 0 Å². The minimum atomic E-state index is -3.32. The molecule has 19 heavy (non-hydrogen) atoms. The van der Waals surface area contributed by atoms with Gasteiger partial charge in [-0.25, -0.2) is 8.42 Å². The zero-order valence-corrected chi connectivity index (χ0v) is 13.0. The molecule has 2 aromatic rings. The zero-order valence-electron chi connectivity index (χ0n) is 10.6. The third-order valence-corrected chi connectivity index (χ3v) is 4.41. The molecule has 0 saturated heterocycles. The molecule has 2 aromatic carbocycles. The quantitative estimate of drug-likeness (QED) is 0.858. The van der Waals surface area contributed by atoms with Crippen LogP contribution in [0.15, 0.2) is 51.8 Å². The Bertz CT molecular complexity index is 691. The fourth-order valence-corrected chi connectivity index (χ4v) is 2.98. The average molecular weight is 341 g/mol. The van der Waals surface area contributed by atoms with Crippen LogP contribution in [0.25, 0.3) is 11.1 Å². The third kappa shape index (κ3) is 3.16. The molecule has 5 heteroatoms. The molecule has 0 aliphatic rings. The van der Waals surface area contributed by atoms with Gasteiger partial charge in [-0.15, -0.1) is 0 Å². The van der Waals surface area contributed by atoms with E-state index in [2.05, 4.69) is 15.9 Å². The molecule has 0 bridgehead atoms. The molecule has 100 valence electrons. The predicted octanol–water partition coefficient (Wildman–Crippen LogP) is 3.53. The van der Waals surface area contributed by atoms with Crippen molar-refractivity contribution >= 4 is 25.8 Å². The van der Waals surface area contributed by atoms with Crippen LogP contribution in [0.2, 0.25) is 0 Å². The van der Waals surface area contributed by atoms with Gasteiger partial charge in [0.2, 0.25) is 0 Å². The molecule has 0 amide bonds. The average Bonchev–Trinajstić information content (AvgIpc) is 2.38. The van der Waals surface area contributed by atoms with Gasteiger partial charge < -0.3 is 4.74 Å². The highest BCUT2D eigenvalue weighted by atomic mass is 79.9. The van der Waals surface area contributed by atoms with Crippen LogP contribution in [-0.4, -0.2) is 21.8 Å². The van der Waals surface area contributed by atoms with E-state index in [1.807, 2.05) is 24.3 Å². The highest BCUT2D eigenvalue weighted by molar-refractivity contribution is 9.10. The maximum absolute atomic E-state index is 11.9. The second kappa shape index (κ2) is 5.35. The number of rotatable bonds is 3. The van der Waals surface area contributed by atoms with E-state index in [1.165, 1.54) is 13.4 Å². The highest BCUT2D eigenvalue weighted by Gasteiger charge is 2.15. The lowest BCUT2D eigenvalue weighted by Crippen LogP contribution is -2.00. The van der Waals surface area contributed by atoms with Crippen LogP contribution < -0.4 is 4.74 Å². The van der Waals surface area contributed by atoms with Gasteiger partial charge in [0, 0.05) is 16.3 Å². The summed E-state index contributed by atoms with van der Waals surface area (Å²) in [5.74, 6) is 0.529. The second-order valence-electron chi connectivity index (χ2n) is 4.14. The second-order valence-corrected chi connectivity index (χ2v) is 7.04. The Morgan fingerprint density at radius 2 is 1.68 bits per heavy atom. The van der Waals surface area contributed by atoms with Gasteiger partial charge in [0.15, 0.2) is 9.84 Å². The van der Waals surface area contributed by atoms with Crippen LogP contribution in [0.4, 0.5) is 0 Å². The SMILES string of the molecule is COc1ccc(-c2ccc(Br)cc2)c(S(C)(=O)=O)c1. The van der Waals surface area contributed by atoms with E-state index in [1.54, 1.807) is 18.2 Å². The largest absolute Gasteiger partial charge is 0.497 e. The van der Waals surface area contributed by atoms with Gasteiger partial charge in [-0.1, -0.05) is 28.1 Å². The molecular weight excluding hydrogens is 328 g/mol. The number of benzene rings is 2. The molecule has 0 heterocycles. The van der Waals surface area contributed by atoms with Gasteiger partial charge in [0.25, 0.3) is 0 Å². The van der Waals surface area contributed by atoms with Gasteiger partial charge in [0.05, 0.1) is 12.0 Å². The summed E-state index contributed by atoms with van der Waals surface area (Å²) in [7, 11) is -1.80. The summed E-state index contributed by atoms with van der Waals surface area (Å²) >= 11 is 3.36. The Morgan fingerprint density at radius 1 is 1.05 bits per heavy atom. The molecular formula is C14H13BrO3S. The first kappa shape index (κ1) is 14.1. The molecule has 0 aliphatic carbocycles. The van der Waals surface area contributed by atoms with Crippen molar-refractivity contribution in [1.82, 2.24) is 0 Å². The van der Waals surface area contributed by atoms with Crippen molar-refractivity contribution in [3.05, 3.63) is 46.9 Å². The molecule has 0 aliphatic heterocycles. The summed E-state index contributed by atoms with van der Waals surface area (Å²) in [5.41, 5.74) is 1.53. The Balaban J connectivity index is 2.66. The zero-order chi connectivity index (χ0) is 14.0. The van der Waals surface area contributed by atoms with E-state index in [0.29, 0.717) is 11.3 Å². The summed E-state index contributed by atoms with van der Waals surface area (Å²) < 4.78 is 29.8. The molecule has 0 aromatic heterocycles. The van der Waals surface area contributed by atoms with Crippen molar-refractivity contribution in [3.8, 4) is 16.9 Å². The normalized spacial score (nSPS) is 11.3. The van der Waals surface area contributed by atoms with E-state index in [-0.39, 0.29) is 4.90 Å². The van der Waals surface area contributed by atoms with Gasteiger partial charge in [-0.3, -0.25) is 0 Å². The summed E-state index contributed by atoms with van der Waals surface area (Å²) in [4.78, 5) is 0.272. The first-order valence-corrected chi connectivity index (χ1v) is 8.24. The van der Waals surface area contributed by atoms with Crippen LogP contribution >= 0.6 is 15.9 Å². The smallest absolute Gasteiger partial charge is 0.176 e. The lowest BCUT2D eigenvalue weighted by atomic mass is 10.1. The minimum Gasteiger partial charge on any atom is -0.497 e. The van der Waals surface area contributed by atoms with Crippen molar-refractivity contribution in [2.75, 3.05) is 13.4 Å². The first-order chi connectivity index (χ1) is 8.91. The van der Waals surface area contributed by atoms with Crippen LogP contribution in [0.5, 0.6) is 5.75 Å². The first-order valence-electron chi connectivity index (χ1n) is 5.56. The van der Waals surface area contributed by atoms with E-state index in [0.717, 1.165) is 10.0 Å².